The fourth-order valence-electron chi connectivity index (χ4n) is 6.12. The maximum atomic E-state index is 6.06. The van der Waals surface area contributed by atoms with E-state index in [1.54, 1.807) is 0 Å². The number of nitrogens with two attached hydrogens (primary N) is 1. The van der Waals surface area contributed by atoms with Crippen molar-refractivity contribution in [2.75, 3.05) is 41.8 Å². The van der Waals surface area contributed by atoms with Crippen molar-refractivity contribution >= 4 is 17.6 Å². The molecule has 3 saturated heterocycles. The van der Waals surface area contributed by atoms with Crippen molar-refractivity contribution < 1.29 is 9.47 Å². The summed E-state index contributed by atoms with van der Waals surface area (Å²) in [6, 6.07) is 3.12. The topological polar surface area (TPSA) is 89.6 Å². The first-order valence-electron chi connectivity index (χ1n) is 11.2. The Balaban J connectivity index is 1.35. The number of rotatable bonds is 3. The molecule has 2 aromatic heterocycles. The third-order valence-corrected chi connectivity index (χ3v) is 7.60. The van der Waals surface area contributed by atoms with E-state index >= 15 is 0 Å². The standard InChI is InChI=1S/C22H26N6O2/c23-21-20-16(3-4-29-20)17(8-24-21)18-7-19(27-10-15-6-14(27)11-30-15)26-22(25-18)28-9-12-1-2-13(28)5-12/h7-8,12-15H,1-6,9-11H2,(H2,23,24)/t12?,13?,14-,15-/m0/s1. The third-order valence-electron chi connectivity index (χ3n) is 7.60. The Kier molecular flexibility index (Phi) is 3.53. The largest absolute Gasteiger partial charge is 0.489 e. The lowest BCUT2D eigenvalue weighted by atomic mass is 10.0. The van der Waals surface area contributed by atoms with Crippen LogP contribution in [0.1, 0.15) is 31.2 Å². The minimum absolute atomic E-state index is 0.329. The summed E-state index contributed by atoms with van der Waals surface area (Å²) in [7, 11) is 0. The number of nitrogen functional groups attached to an aromatic ring is 1. The van der Waals surface area contributed by atoms with Gasteiger partial charge in [-0.1, -0.05) is 0 Å². The molecule has 30 heavy (non-hydrogen) atoms. The van der Waals surface area contributed by atoms with E-state index in [4.69, 9.17) is 25.2 Å². The summed E-state index contributed by atoms with van der Waals surface area (Å²) >= 11 is 0. The maximum absolute atomic E-state index is 6.06. The Morgan fingerprint density at radius 1 is 1.07 bits per heavy atom. The molecule has 7 rings (SSSR count). The van der Waals surface area contributed by atoms with Crippen molar-refractivity contribution in [2.45, 2.75) is 50.3 Å². The first-order chi connectivity index (χ1) is 14.7. The van der Waals surface area contributed by atoms with Gasteiger partial charge in [-0.2, -0.15) is 4.98 Å². The number of fused-ring (bicyclic) bond motifs is 5. The summed E-state index contributed by atoms with van der Waals surface area (Å²) < 4.78 is 11.6. The molecule has 8 nitrogen and oxygen atoms in total. The summed E-state index contributed by atoms with van der Waals surface area (Å²) in [5.74, 6) is 3.85. The van der Waals surface area contributed by atoms with Gasteiger partial charge in [-0.15, -0.1) is 0 Å². The van der Waals surface area contributed by atoms with E-state index in [1.807, 2.05) is 6.20 Å². The number of pyridine rings is 1. The van der Waals surface area contributed by atoms with Crippen LogP contribution in [0.3, 0.4) is 0 Å². The van der Waals surface area contributed by atoms with Crippen LogP contribution in [0.25, 0.3) is 11.3 Å². The van der Waals surface area contributed by atoms with Crippen LogP contribution in [0.4, 0.5) is 17.6 Å². The highest BCUT2D eigenvalue weighted by molar-refractivity contribution is 5.74. The molecule has 156 valence electrons. The molecule has 0 amide bonds. The van der Waals surface area contributed by atoms with Gasteiger partial charge in [0, 0.05) is 48.9 Å². The monoisotopic (exact) mass is 406 g/mol. The lowest BCUT2D eigenvalue weighted by molar-refractivity contribution is 0.0989. The minimum Gasteiger partial charge on any atom is -0.489 e. The Morgan fingerprint density at radius 2 is 2.03 bits per heavy atom. The quantitative estimate of drug-likeness (QED) is 0.828. The van der Waals surface area contributed by atoms with Crippen molar-refractivity contribution in [3.05, 3.63) is 17.8 Å². The highest BCUT2D eigenvalue weighted by Gasteiger charge is 2.42. The molecule has 4 fully saturated rings. The van der Waals surface area contributed by atoms with Gasteiger partial charge >= 0.3 is 0 Å². The SMILES string of the molecule is Nc1ncc(-c2cc(N3C[C@@H]4C[C@H]3CO4)nc(N3CC4CCC3C4)n2)c2c1OCC2. The third kappa shape index (κ3) is 2.46. The highest BCUT2D eigenvalue weighted by Crippen LogP contribution is 2.42. The van der Waals surface area contributed by atoms with E-state index in [2.05, 4.69) is 20.9 Å². The molecule has 1 saturated carbocycles. The summed E-state index contributed by atoms with van der Waals surface area (Å²) in [5, 5.41) is 0. The number of hydrogen-bond donors (Lipinski definition) is 1. The van der Waals surface area contributed by atoms with Gasteiger partial charge in [0.05, 0.1) is 31.1 Å². The molecule has 4 aliphatic heterocycles. The summed E-state index contributed by atoms with van der Waals surface area (Å²) in [6.45, 7) is 3.42. The number of nitrogens with zero attached hydrogens (tertiary/aromatic N) is 5. The molecule has 1 aliphatic carbocycles. The van der Waals surface area contributed by atoms with E-state index in [1.165, 1.54) is 19.3 Å². The maximum Gasteiger partial charge on any atom is 0.228 e. The van der Waals surface area contributed by atoms with E-state index in [-0.39, 0.29) is 0 Å². The lowest BCUT2D eigenvalue weighted by Crippen LogP contribution is -2.38. The van der Waals surface area contributed by atoms with Crippen LogP contribution >= 0.6 is 0 Å². The molecule has 0 aromatic carbocycles. The van der Waals surface area contributed by atoms with E-state index in [0.29, 0.717) is 30.6 Å². The average Bonchev–Trinajstić information content (AvgIpc) is 3.59. The number of ether oxygens (including phenoxy) is 2. The van der Waals surface area contributed by atoms with E-state index in [0.717, 1.165) is 72.8 Å². The first kappa shape index (κ1) is 17.1. The normalized spacial score (nSPS) is 30.9. The second-order valence-corrected chi connectivity index (χ2v) is 9.36. The van der Waals surface area contributed by atoms with Gasteiger partial charge in [-0.25, -0.2) is 9.97 Å². The second kappa shape index (κ2) is 6.20. The van der Waals surface area contributed by atoms with Crippen LogP contribution in [-0.4, -0.2) is 59.4 Å². The number of piperidine rings is 1. The van der Waals surface area contributed by atoms with Crippen LogP contribution in [0.2, 0.25) is 0 Å². The first-order valence-corrected chi connectivity index (χ1v) is 11.2. The smallest absolute Gasteiger partial charge is 0.228 e. The molecule has 0 spiro atoms. The van der Waals surface area contributed by atoms with Crippen molar-refractivity contribution in [3.63, 3.8) is 0 Å². The Hall–Kier alpha value is -2.61. The fourth-order valence-corrected chi connectivity index (χ4v) is 6.12. The Morgan fingerprint density at radius 3 is 2.80 bits per heavy atom. The molecule has 6 heterocycles. The van der Waals surface area contributed by atoms with Gasteiger partial charge in [-0.05, 0) is 31.6 Å². The zero-order valence-electron chi connectivity index (χ0n) is 17.0. The molecule has 4 bridgehead atoms. The predicted octanol–water partition coefficient (Wildman–Crippen LogP) is 2.02. The lowest BCUT2D eigenvalue weighted by Gasteiger charge is -2.31. The van der Waals surface area contributed by atoms with E-state index < -0.39 is 0 Å². The molecule has 4 atom stereocenters. The molecule has 2 unspecified atom stereocenters. The molecule has 5 aliphatic rings. The van der Waals surface area contributed by atoms with Crippen molar-refractivity contribution in [2.24, 2.45) is 5.92 Å². The van der Waals surface area contributed by atoms with Crippen LogP contribution in [0, 0.1) is 5.92 Å². The van der Waals surface area contributed by atoms with Gasteiger partial charge in [0.15, 0.2) is 11.6 Å². The zero-order valence-corrected chi connectivity index (χ0v) is 17.0. The Labute approximate surface area is 175 Å². The predicted molar refractivity (Wildman–Crippen MR) is 113 cm³/mol. The van der Waals surface area contributed by atoms with E-state index in [9.17, 15) is 0 Å². The molecule has 0 radical (unpaired) electrons. The summed E-state index contributed by atoms with van der Waals surface area (Å²) in [4.78, 5) is 19.4. The molecule has 8 heteroatoms. The minimum atomic E-state index is 0.329. The van der Waals surface area contributed by atoms with Crippen molar-refractivity contribution in [1.29, 1.82) is 0 Å². The van der Waals surface area contributed by atoms with Gasteiger partial charge in [0.1, 0.15) is 5.82 Å². The van der Waals surface area contributed by atoms with Crippen LogP contribution < -0.4 is 20.3 Å². The molecular formula is C22H26N6O2. The number of anilines is 3. The molecule has 2 N–H and O–H groups in total. The molecule has 2 aromatic rings. The zero-order chi connectivity index (χ0) is 19.8. The summed E-state index contributed by atoms with van der Waals surface area (Å²) in [5.41, 5.74) is 9.13. The average molecular weight is 406 g/mol. The Bertz CT molecular complexity index is 983. The highest BCUT2D eigenvalue weighted by atomic mass is 16.5. The van der Waals surface area contributed by atoms with Gasteiger partial charge in [0.2, 0.25) is 5.95 Å². The van der Waals surface area contributed by atoms with Crippen LogP contribution in [0.5, 0.6) is 5.75 Å². The number of aromatic nitrogens is 3. The van der Waals surface area contributed by atoms with Crippen molar-refractivity contribution in [3.8, 4) is 17.0 Å². The van der Waals surface area contributed by atoms with Gasteiger partial charge < -0.3 is 25.0 Å². The van der Waals surface area contributed by atoms with Gasteiger partial charge in [0.25, 0.3) is 0 Å². The number of hydrogen-bond acceptors (Lipinski definition) is 8. The second-order valence-electron chi connectivity index (χ2n) is 9.36. The number of morpholine rings is 1. The fraction of sp³-hybridized carbons (Fsp3) is 0.591. The molecular weight excluding hydrogens is 380 g/mol. The van der Waals surface area contributed by atoms with Crippen molar-refractivity contribution in [1.82, 2.24) is 15.0 Å². The summed E-state index contributed by atoms with van der Waals surface area (Å²) in [6.07, 6.45) is 7.98. The van der Waals surface area contributed by atoms with Crippen LogP contribution in [0.15, 0.2) is 12.3 Å². The van der Waals surface area contributed by atoms with Gasteiger partial charge in [-0.3, -0.25) is 0 Å². The van der Waals surface area contributed by atoms with Crippen LogP contribution in [-0.2, 0) is 11.2 Å².